The van der Waals surface area contributed by atoms with Gasteiger partial charge in [0.25, 0.3) is 0 Å². The van der Waals surface area contributed by atoms with E-state index >= 15 is 0 Å². The fourth-order valence-corrected chi connectivity index (χ4v) is 2.79. The molecule has 2 heterocycles. The molecule has 20 heavy (non-hydrogen) atoms. The maximum atomic E-state index is 9.25. The quantitative estimate of drug-likeness (QED) is 0.893. The number of nitrogens with zero attached hydrogens (tertiary/aromatic N) is 2. The zero-order valence-electron chi connectivity index (χ0n) is 11.4. The molecule has 1 fully saturated rings. The van der Waals surface area contributed by atoms with Crippen molar-refractivity contribution in [3.63, 3.8) is 0 Å². The van der Waals surface area contributed by atoms with Gasteiger partial charge in [0.05, 0.1) is 16.8 Å². The fourth-order valence-electron chi connectivity index (χ4n) is 2.79. The molecule has 3 rings (SSSR count). The number of para-hydroxylation sites is 1. The lowest BCUT2D eigenvalue weighted by Crippen LogP contribution is -2.24. The van der Waals surface area contributed by atoms with Gasteiger partial charge in [-0.1, -0.05) is 18.2 Å². The number of benzene rings is 1. The van der Waals surface area contributed by atoms with Crippen LogP contribution in [-0.2, 0) is 0 Å². The van der Waals surface area contributed by atoms with Crippen LogP contribution in [0.25, 0.3) is 10.9 Å². The third kappa shape index (κ3) is 2.59. The van der Waals surface area contributed by atoms with Crippen LogP contribution in [0, 0.1) is 11.3 Å². The Morgan fingerprint density at radius 1 is 1.40 bits per heavy atom. The van der Waals surface area contributed by atoms with Gasteiger partial charge in [-0.2, -0.15) is 5.26 Å². The van der Waals surface area contributed by atoms with Gasteiger partial charge in [0, 0.05) is 24.2 Å². The van der Waals surface area contributed by atoms with Crippen LogP contribution in [0.15, 0.2) is 30.5 Å². The third-order valence-electron chi connectivity index (χ3n) is 3.85. The number of hydrogen-bond donors (Lipinski definition) is 2. The minimum atomic E-state index is 0.612. The largest absolute Gasteiger partial charge is 0.383 e. The molecule has 1 unspecified atom stereocenters. The first-order valence-electron chi connectivity index (χ1n) is 7.13. The Hall–Kier alpha value is -2.12. The Morgan fingerprint density at radius 3 is 3.10 bits per heavy atom. The summed E-state index contributed by atoms with van der Waals surface area (Å²) in [6, 6.07) is 10.8. The highest BCUT2D eigenvalue weighted by Gasteiger charge is 2.14. The highest BCUT2D eigenvalue weighted by Crippen LogP contribution is 2.25. The third-order valence-corrected chi connectivity index (χ3v) is 3.85. The molecule has 4 heteroatoms. The molecule has 1 aromatic carbocycles. The summed E-state index contributed by atoms with van der Waals surface area (Å²) in [6.45, 7) is 2.01. The lowest BCUT2D eigenvalue weighted by atomic mass is 10.1. The van der Waals surface area contributed by atoms with Gasteiger partial charge < -0.3 is 10.6 Å². The van der Waals surface area contributed by atoms with Crippen LogP contribution in [0.2, 0.25) is 0 Å². The molecular weight excluding hydrogens is 248 g/mol. The standard InChI is InChI=1S/C16H18N4/c17-10-12-11-20-15-6-2-1-5-14(15)16(12)19-9-7-13-4-3-8-18-13/h1-2,5-6,11,13,18H,3-4,7-9H2,(H,19,20). The smallest absolute Gasteiger partial charge is 0.103 e. The van der Waals surface area contributed by atoms with E-state index in [0.29, 0.717) is 11.6 Å². The molecule has 0 radical (unpaired) electrons. The molecule has 1 atom stereocenters. The number of rotatable bonds is 4. The second-order valence-electron chi connectivity index (χ2n) is 5.18. The van der Waals surface area contributed by atoms with Gasteiger partial charge in [0.1, 0.15) is 6.07 Å². The number of fused-ring (bicyclic) bond motifs is 1. The Morgan fingerprint density at radius 2 is 2.30 bits per heavy atom. The van der Waals surface area contributed by atoms with Crippen LogP contribution in [0.5, 0.6) is 0 Å². The normalized spacial score (nSPS) is 18.1. The molecule has 2 aromatic rings. The van der Waals surface area contributed by atoms with Gasteiger partial charge in [0.2, 0.25) is 0 Å². The molecule has 0 saturated carbocycles. The fraction of sp³-hybridized carbons (Fsp3) is 0.375. The van der Waals surface area contributed by atoms with E-state index in [1.54, 1.807) is 6.20 Å². The molecule has 1 aromatic heterocycles. The molecule has 0 amide bonds. The van der Waals surface area contributed by atoms with E-state index in [4.69, 9.17) is 0 Å². The minimum absolute atomic E-state index is 0.612. The summed E-state index contributed by atoms with van der Waals surface area (Å²) in [5, 5.41) is 17.2. The molecule has 1 aliphatic heterocycles. The van der Waals surface area contributed by atoms with E-state index in [1.165, 1.54) is 12.8 Å². The Kier molecular flexibility index (Phi) is 3.80. The van der Waals surface area contributed by atoms with Crippen molar-refractivity contribution in [2.75, 3.05) is 18.4 Å². The lowest BCUT2D eigenvalue weighted by molar-refractivity contribution is 0.574. The van der Waals surface area contributed by atoms with E-state index in [9.17, 15) is 5.26 Å². The number of pyridine rings is 1. The maximum absolute atomic E-state index is 9.25. The SMILES string of the molecule is N#Cc1cnc2ccccc2c1NCCC1CCCN1. The summed E-state index contributed by atoms with van der Waals surface area (Å²) >= 11 is 0. The highest BCUT2D eigenvalue weighted by molar-refractivity contribution is 5.93. The van der Waals surface area contributed by atoms with Crippen LogP contribution < -0.4 is 10.6 Å². The summed E-state index contributed by atoms with van der Waals surface area (Å²) in [6.07, 6.45) is 5.26. The summed E-state index contributed by atoms with van der Waals surface area (Å²) in [5.74, 6) is 0. The van der Waals surface area contributed by atoms with Crippen molar-refractivity contribution < 1.29 is 0 Å². The van der Waals surface area contributed by atoms with Crippen molar-refractivity contribution in [2.45, 2.75) is 25.3 Å². The van der Waals surface area contributed by atoms with Crippen LogP contribution in [0.4, 0.5) is 5.69 Å². The van der Waals surface area contributed by atoms with Crippen LogP contribution in [0.3, 0.4) is 0 Å². The number of anilines is 1. The predicted molar refractivity (Wildman–Crippen MR) is 80.6 cm³/mol. The first kappa shape index (κ1) is 12.9. The molecule has 1 saturated heterocycles. The maximum Gasteiger partial charge on any atom is 0.103 e. The number of nitriles is 1. The minimum Gasteiger partial charge on any atom is -0.383 e. The second-order valence-corrected chi connectivity index (χ2v) is 5.18. The Balaban J connectivity index is 1.79. The first-order chi connectivity index (χ1) is 9.88. The van der Waals surface area contributed by atoms with Crippen molar-refractivity contribution >= 4 is 16.6 Å². The zero-order chi connectivity index (χ0) is 13.8. The summed E-state index contributed by atoms with van der Waals surface area (Å²) in [4.78, 5) is 4.32. The highest BCUT2D eigenvalue weighted by atomic mass is 15.0. The van der Waals surface area contributed by atoms with E-state index in [0.717, 1.165) is 36.1 Å². The van der Waals surface area contributed by atoms with Gasteiger partial charge in [-0.15, -0.1) is 0 Å². The number of nitrogens with one attached hydrogen (secondary N) is 2. The van der Waals surface area contributed by atoms with Gasteiger partial charge in [-0.3, -0.25) is 4.98 Å². The monoisotopic (exact) mass is 266 g/mol. The van der Waals surface area contributed by atoms with E-state index < -0.39 is 0 Å². The van der Waals surface area contributed by atoms with Crippen LogP contribution in [0.1, 0.15) is 24.8 Å². The van der Waals surface area contributed by atoms with Crippen molar-refractivity contribution in [1.82, 2.24) is 10.3 Å². The molecule has 0 spiro atoms. The average Bonchev–Trinajstić information content (AvgIpc) is 3.00. The average molecular weight is 266 g/mol. The van der Waals surface area contributed by atoms with Crippen LogP contribution >= 0.6 is 0 Å². The molecule has 1 aliphatic rings. The predicted octanol–water partition coefficient (Wildman–Crippen LogP) is 2.66. The van der Waals surface area contributed by atoms with Crippen molar-refractivity contribution in [1.29, 1.82) is 5.26 Å². The summed E-state index contributed by atoms with van der Waals surface area (Å²) < 4.78 is 0. The van der Waals surface area contributed by atoms with E-state index in [-0.39, 0.29) is 0 Å². The molecule has 2 N–H and O–H groups in total. The first-order valence-corrected chi connectivity index (χ1v) is 7.13. The molecule has 4 nitrogen and oxygen atoms in total. The zero-order valence-corrected chi connectivity index (χ0v) is 11.4. The van der Waals surface area contributed by atoms with Crippen molar-refractivity contribution in [3.8, 4) is 6.07 Å². The molecule has 0 bridgehead atoms. The topological polar surface area (TPSA) is 60.7 Å². The van der Waals surface area contributed by atoms with Crippen molar-refractivity contribution in [3.05, 3.63) is 36.0 Å². The molecule has 0 aliphatic carbocycles. The second kappa shape index (κ2) is 5.89. The Labute approximate surface area is 118 Å². The van der Waals surface area contributed by atoms with Gasteiger partial charge in [0.15, 0.2) is 0 Å². The van der Waals surface area contributed by atoms with E-state index in [2.05, 4.69) is 21.7 Å². The number of aromatic nitrogens is 1. The number of hydrogen-bond acceptors (Lipinski definition) is 4. The van der Waals surface area contributed by atoms with Crippen LogP contribution in [-0.4, -0.2) is 24.1 Å². The molecule has 102 valence electrons. The summed E-state index contributed by atoms with van der Waals surface area (Å²) in [5.41, 5.74) is 2.45. The Bertz CT molecular complexity index is 638. The lowest BCUT2D eigenvalue weighted by Gasteiger charge is -2.14. The van der Waals surface area contributed by atoms with Gasteiger partial charge >= 0.3 is 0 Å². The van der Waals surface area contributed by atoms with Crippen molar-refractivity contribution in [2.24, 2.45) is 0 Å². The van der Waals surface area contributed by atoms with Gasteiger partial charge in [-0.05, 0) is 31.9 Å². The molecular formula is C16H18N4. The van der Waals surface area contributed by atoms with Gasteiger partial charge in [-0.25, -0.2) is 0 Å². The van der Waals surface area contributed by atoms with E-state index in [1.807, 2.05) is 24.3 Å². The summed E-state index contributed by atoms with van der Waals surface area (Å²) in [7, 11) is 0.